The average molecular weight is 262 g/mol. The summed E-state index contributed by atoms with van der Waals surface area (Å²) in [6.45, 7) is 9.11. The summed E-state index contributed by atoms with van der Waals surface area (Å²) >= 11 is 0. The van der Waals surface area contributed by atoms with Crippen molar-refractivity contribution in [1.82, 2.24) is 4.90 Å². The van der Waals surface area contributed by atoms with E-state index >= 15 is 0 Å². The van der Waals surface area contributed by atoms with E-state index in [1.54, 1.807) is 12.1 Å². The molecule has 0 unspecified atom stereocenters. The van der Waals surface area contributed by atoms with E-state index in [1.807, 2.05) is 19.1 Å². The predicted octanol–water partition coefficient (Wildman–Crippen LogP) is 2.30. The number of ether oxygens (including phenoxy) is 2. The van der Waals surface area contributed by atoms with E-state index in [0.29, 0.717) is 12.2 Å². The van der Waals surface area contributed by atoms with Crippen molar-refractivity contribution in [3.63, 3.8) is 0 Å². The Morgan fingerprint density at radius 3 is 2.37 bits per heavy atom. The fraction of sp³-hybridized carbons (Fsp3) is 0.533. The first-order valence-corrected chi connectivity index (χ1v) is 6.73. The quantitative estimate of drug-likeness (QED) is 0.641. The van der Waals surface area contributed by atoms with Crippen molar-refractivity contribution in [2.45, 2.75) is 13.8 Å². The topological polar surface area (TPSA) is 45.5 Å². The van der Waals surface area contributed by atoms with Crippen LogP contribution in [0.1, 0.15) is 19.4 Å². The molecular weight excluding hydrogens is 240 g/mol. The Balaban J connectivity index is 2.25. The van der Waals surface area contributed by atoms with Crippen LogP contribution < -0.4 is 4.74 Å². The van der Waals surface area contributed by atoms with Crippen molar-refractivity contribution in [3.8, 4) is 11.8 Å². The van der Waals surface area contributed by atoms with Gasteiger partial charge in [-0.1, -0.05) is 6.92 Å². The zero-order valence-corrected chi connectivity index (χ0v) is 11.8. The smallest absolute Gasteiger partial charge is 0.119 e. The Morgan fingerprint density at radius 1 is 1.11 bits per heavy atom. The molecule has 0 saturated carbocycles. The lowest BCUT2D eigenvalue weighted by molar-refractivity contribution is 0.108. The summed E-state index contributed by atoms with van der Waals surface area (Å²) in [4.78, 5) is 2.29. The number of rotatable bonds is 9. The van der Waals surface area contributed by atoms with Gasteiger partial charge in [-0.2, -0.15) is 5.26 Å². The van der Waals surface area contributed by atoms with E-state index in [1.165, 1.54) is 0 Å². The van der Waals surface area contributed by atoms with E-state index in [4.69, 9.17) is 14.7 Å². The number of hydrogen-bond acceptors (Lipinski definition) is 4. The molecular formula is C15H22N2O2. The molecule has 0 radical (unpaired) electrons. The molecule has 0 spiro atoms. The second-order valence-electron chi connectivity index (χ2n) is 4.12. The zero-order valence-electron chi connectivity index (χ0n) is 11.8. The van der Waals surface area contributed by atoms with Crippen LogP contribution in [0.5, 0.6) is 5.75 Å². The monoisotopic (exact) mass is 262 g/mol. The molecule has 19 heavy (non-hydrogen) atoms. The van der Waals surface area contributed by atoms with Crippen LogP contribution in [0.25, 0.3) is 0 Å². The number of nitriles is 1. The largest absolute Gasteiger partial charge is 0.492 e. The lowest BCUT2D eigenvalue weighted by atomic mass is 10.2. The third-order valence-electron chi connectivity index (χ3n) is 2.86. The van der Waals surface area contributed by atoms with E-state index in [-0.39, 0.29) is 0 Å². The van der Waals surface area contributed by atoms with E-state index < -0.39 is 0 Å². The Labute approximate surface area is 115 Å². The van der Waals surface area contributed by atoms with Crippen molar-refractivity contribution in [2.24, 2.45) is 0 Å². The molecule has 104 valence electrons. The van der Waals surface area contributed by atoms with Gasteiger partial charge in [-0.25, -0.2) is 0 Å². The van der Waals surface area contributed by atoms with E-state index in [9.17, 15) is 0 Å². The second-order valence-corrected chi connectivity index (χ2v) is 4.12. The summed E-state index contributed by atoms with van der Waals surface area (Å²) in [5.74, 6) is 0.805. The lowest BCUT2D eigenvalue weighted by Gasteiger charge is -2.20. The van der Waals surface area contributed by atoms with Crippen LogP contribution >= 0.6 is 0 Å². The standard InChI is InChI=1S/C15H22N2O2/c1-3-17(9-11-18-4-2)10-12-19-15-7-5-14(13-16)6-8-15/h5-8H,3-4,9-12H2,1-2H3. The highest BCUT2D eigenvalue weighted by molar-refractivity contribution is 5.34. The van der Waals surface area contributed by atoms with Gasteiger partial charge in [0, 0.05) is 19.7 Å². The molecule has 1 rings (SSSR count). The molecule has 0 amide bonds. The lowest BCUT2D eigenvalue weighted by Crippen LogP contribution is -2.31. The first kappa shape index (κ1) is 15.5. The maximum atomic E-state index is 8.70. The minimum atomic E-state index is 0.645. The van der Waals surface area contributed by atoms with Gasteiger partial charge in [0.1, 0.15) is 12.4 Å². The fourth-order valence-corrected chi connectivity index (χ4v) is 1.68. The molecule has 0 fully saturated rings. The highest BCUT2D eigenvalue weighted by atomic mass is 16.5. The Bertz CT molecular complexity index is 384. The van der Waals surface area contributed by atoms with Crippen LogP contribution in [0.4, 0.5) is 0 Å². The molecule has 0 N–H and O–H groups in total. The Morgan fingerprint density at radius 2 is 1.79 bits per heavy atom. The Kier molecular flexibility index (Phi) is 7.64. The number of nitrogens with zero attached hydrogens (tertiary/aromatic N) is 2. The van der Waals surface area contributed by atoms with Gasteiger partial charge in [-0.05, 0) is 37.7 Å². The summed E-state index contributed by atoms with van der Waals surface area (Å²) in [7, 11) is 0. The van der Waals surface area contributed by atoms with Gasteiger partial charge in [-0.15, -0.1) is 0 Å². The highest BCUT2D eigenvalue weighted by Gasteiger charge is 2.02. The maximum Gasteiger partial charge on any atom is 0.119 e. The van der Waals surface area contributed by atoms with Crippen molar-refractivity contribution in [2.75, 3.05) is 39.5 Å². The van der Waals surface area contributed by atoms with Gasteiger partial charge in [0.25, 0.3) is 0 Å². The minimum absolute atomic E-state index is 0.645. The first-order valence-electron chi connectivity index (χ1n) is 6.73. The molecule has 0 aliphatic rings. The van der Waals surface area contributed by atoms with Gasteiger partial charge < -0.3 is 9.47 Å². The molecule has 0 heterocycles. The first-order chi connectivity index (χ1) is 9.30. The van der Waals surface area contributed by atoms with Crippen LogP contribution in [-0.2, 0) is 4.74 Å². The van der Waals surface area contributed by atoms with E-state index in [0.717, 1.165) is 38.6 Å². The summed E-state index contributed by atoms with van der Waals surface area (Å²) in [5.41, 5.74) is 0.652. The molecule has 0 saturated heterocycles. The molecule has 0 aliphatic heterocycles. The number of benzene rings is 1. The van der Waals surface area contributed by atoms with Gasteiger partial charge in [0.05, 0.1) is 18.2 Å². The number of likely N-dealkylation sites (N-methyl/N-ethyl adjacent to an activating group) is 1. The summed E-state index contributed by atoms with van der Waals surface area (Å²) < 4.78 is 11.0. The highest BCUT2D eigenvalue weighted by Crippen LogP contribution is 2.11. The second kappa shape index (κ2) is 9.37. The van der Waals surface area contributed by atoms with Crippen molar-refractivity contribution < 1.29 is 9.47 Å². The van der Waals surface area contributed by atoms with Gasteiger partial charge in [-0.3, -0.25) is 4.90 Å². The van der Waals surface area contributed by atoms with Crippen molar-refractivity contribution in [1.29, 1.82) is 5.26 Å². The molecule has 1 aromatic carbocycles. The normalized spacial score (nSPS) is 10.4. The van der Waals surface area contributed by atoms with E-state index in [2.05, 4.69) is 17.9 Å². The third kappa shape index (κ3) is 6.23. The van der Waals surface area contributed by atoms with Crippen LogP contribution in [-0.4, -0.2) is 44.4 Å². The minimum Gasteiger partial charge on any atom is -0.492 e. The molecule has 0 aromatic heterocycles. The summed E-state index contributed by atoms with van der Waals surface area (Å²) in [6.07, 6.45) is 0. The summed E-state index contributed by atoms with van der Waals surface area (Å²) in [6, 6.07) is 9.28. The average Bonchev–Trinajstić information content (AvgIpc) is 2.46. The summed E-state index contributed by atoms with van der Waals surface area (Å²) in [5, 5.41) is 8.70. The van der Waals surface area contributed by atoms with Crippen LogP contribution in [0, 0.1) is 11.3 Å². The predicted molar refractivity (Wildman–Crippen MR) is 75.3 cm³/mol. The Hall–Kier alpha value is -1.57. The van der Waals surface area contributed by atoms with Crippen molar-refractivity contribution >= 4 is 0 Å². The zero-order chi connectivity index (χ0) is 13.9. The molecule has 0 aliphatic carbocycles. The molecule has 1 aromatic rings. The van der Waals surface area contributed by atoms with Crippen LogP contribution in [0.15, 0.2) is 24.3 Å². The van der Waals surface area contributed by atoms with Gasteiger partial charge in [0.15, 0.2) is 0 Å². The van der Waals surface area contributed by atoms with Crippen LogP contribution in [0.3, 0.4) is 0 Å². The van der Waals surface area contributed by atoms with Crippen molar-refractivity contribution in [3.05, 3.63) is 29.8 Å². The molecule has 4 nitrogen and oxygen atoms in total. The number of hydrogen-bond donors (Lipinski definition) is 0. The van der Waals surface area contributed by atoms with Gasteiger partial charge >= 0.3 is 0 Å². The third-order valence-corrected chi connectivity index (χ3v) is 2.86. The molecule has 0 bridgehead atoms. The molecule has 0 atom stereocenters. The van der Waals surface area contributed by atoms with Gasteiger partial charge in [0.2, 0.25) is 0 Å². The fourth-order valence-electron chi connectivity index (χ4n) is 1.68. The van der Waals surface area contributed by atoms with Crippen LogP contribution in [0.2, 0.25) is 0 Å². The SMILES string of the molecule is CCOCCN(CC)CCOc1ccc(C#N)cc1. The molecule has 4 heteroatoms. The maximum absolute atomic E-state index is 8.70.